The molecule has 0 amide bonds. The molecule has 0 atom stereocenters. The minimum Gasteiger partial charge on any atom is -0.480 e. The standard InChI is InChI=1S/C7H6O4.C5H5.Co/c8-5(9)7(6(10)11)3-1-2-4-7;1-2-4-5-3-1;/h1-4H,(H,8,9)(H,10,11);1-5H;/q;-1;. The second-order valence-electron chi connectivity index (χ2n) is 3.16. The van der Waals surface area contributed by atoms with Gasteiger partial charge in [0, 0.05) is 16.8 Å². The molecule has 0 saturated carbocycles. The Morgan fingerprint density at radius 2 is 1.35 bits per heavy atom. The first kappa shape index (κ1) is 15.3. The number of carbonyl (C=O) groups is 2. The van der Waals surface area contributed by atoms with E-state index in [2.05, 4.69) is 0 Å². The number of carboxylic acids is 2. The van der Waals surface area contributed by atoms with Gasteiger partial charge in [0.2, 0.25) is 5.41 Å². The molecule has 0 saturated heterocycles. The third-order valence-electron chi connectivity index (χ3n) is 2.09. The Hall–Kier alpha value is -1.72. The zero-order valence-electron chi connectivity index (χ0n) is 8.74. The fourth-order valence-corrected chi connectivity index (χ4v) is 1.17. The van der Waals surface area contributed by atoms with Gasteiger partial charge in [-0.2, -0.15) is 18.2 Å². The number of aliphatic carboxylic acids is 2. The zero-order chi connectivity index (χ0) is 12.0. The molecule has 1 aromatic rings. The maximum Gasteiger partial charge on any atom is 0.328 e. The van der Waals surface area contributed by atoms with Crippen molar-refractivity contribution in [3.05, 3.63) is 54.6 Å². The summed E-state index contributed by atoms with van der Waals surface area (Å²) in [4.78, 5) is 21.0. The van der Waals surface area contributed by atoms with Crippen LogP contribution in [-0.2, 0) is 26.4 Å². The van der Waals surface area contributed by atoms with Crippen LogP contribution in [0.1, 0.15) is 0 Å². The van der Waals surface area contributed by atoms with E-state index in [0.717, 1.165) is 12.2 Å². The summed E-state index contributed by atoms with van der Waals surface area (Å²) in [5.41, 5.74) is -1.83. The van der Waals surface area contributed by atoms with Gasteiger partial charge in [0.1, 0.15) is 0 Å². The van der Waals surface area contributed by atoms with E-state index in [4.69, 9.17) is 10.2 Å². The molecule has 2 rings (SSSR count). The Morgan fingerprint density at radius 1 is 0.941 bits per heavy atom. The van der Waals surface area contributed by atoms with Crippen molar-refractivity contribution >= 4 is 11.9 Å². The monoisotopic (exact) mass is 278 g/mol. The van der Waals surface area contributed by atoms with E-state index >= 15 is 0 Å². The topological polar surface area (TPSA) is 74.6 Å². The van der Waals surface area contributed by atoms with Gasteiger partial charge in [-0.1, -0.05) is 24.3 Å². The molecule has 0 aliphatic heterocycles. The first-order valence-corrected chi connectivity index (χ1v) is 4.60. The quantitative estimate of drug-likeness (QED) is 0.637. The van der Waals surface area contributed by atoms with Crippen molar-refractivity contribution < 1.29 is 36.6 Å². The molecule has 1 radical (unpaired) electrons. The van der Waals surface area contributed by atoms with Gasteiger partial charge in [0.25, 0.3) is 0 Å². The molecule has 93 valence electrons. The minimum atomic E-state index is -1.83. The molecule has 0 spiro atoms. The summed E-state index contributed by atoms with van der Waals surface area (Å²) in [7, 11) is 0. The molecule has 5 heteroatoms. The normalized spacial score (nSPS) is 14.4. The summed E-state index contributed by atoms with van der Waals surface area (Å²) < 4.78 is 0. The SMILES string of the molecule is O=C(O)C1(C(=O)O)C=CC=C1.[Co].c1cc[cH-]c1. The molecule has 0 heterocycles. The number of allylic oxidation sites excluding steroid dienone is 2. The molecule has 1 aliphatic rings. The molecule has 2 N–H and O–H groups in total. The van der Waals surface area contributed by atoms with Crippen molar-refractivity contribution in [2.45, 2.75) is 0 Å². The second-order valence-corrected chi connectivity index (χ2v) is 3.16. The van der Waals surface area contributed by atoms with E-state index in [1.807, 2.05) is 30.3 Å². The molecular weight excluding hydrogens is 267 g/mol. The van der Waals surface area contributed by atoms with Gasteiger partial charge in [0.15, 0.2) is 0 Å². The van der Waals surface area contributed by atoms with Crippen LogP contribution in [0.15, 0.2) is 54.6 Å². The van der Waals surface area contributed by atoms with Crippen LogP contribution in [0, 0.1) is 5.41 Å². The molecule has 0 bridgehead atoms. The largest absolute Gasteiger partial charge is 0.480 e. The van der Waals surface area contributed by atoms with Crippen LogP contribution in [0.25, 0.3) is 0 Å². The van der Waals surface area contributed by atoms with Crippen molar-refractivity contribution in [2.24, 2.45) is 5.41 Å². The van der Waals surface area contributed by atoms with Crippen LogP contribution >= 0.6 is 0 Å². The van der Waals surface area contributed by atoms with E-state index in [1.165, 1.54) is 12.2 Å². The molecule has 1 aromatic carbocycles. The van der Waals surface area contributed by atoms with Crippen LogP contribution in [0.2, 0.25) is 0 Å². The van der Waals surface area contributed by atoms with Gasteiger partial charge in [0.05, 0.1) is 0 Å². The van der Waals surface area contributed by atoms with Crippen LogP contribution in [0.5, 0.6) is 0 Å². The van der Waals surface area contributed by atoms with E-state index < -0.39 is 17.4 Å². The number of carboxylic acid groups (broad SMARTS) is 2. The van der Waals surface area contributed by atoms with Gasteiger partial charge in [-0.15, -0.1) is 0 Å². The summed E-state index contributed by atoms with van der Waals surface area (Å²) in [5, 5.41) is 17.1. The molecule has 17 heavy (non-hydrogen) atoms. The van der Waals surface area contributed by atoms with Gasteiger partial charge in [-0.25, -0.2) is 12.1 Å². The maximum atomic E-state index is 10.5. The Morgan fingerprint density at radius 3 is 1.53 bits per heavy atom. The smallest absolute Gasteiger partial charge is 0.328 e. The molecule has 0 fully saturated rings. The second kappa shape index (κ2) is 6.77. The fraction of sp³-hybridized carbons (Fsp3) is 0.0833. The predicted octanol–water partition coefficient (Wildman–Crippen LogP) is 1.67. The Kier molecular flexibility index (Phi) is 6.09. The minimum absolute atomic E-state index is 0. The summed E-state index contributed by atoms with van der Waals surface area (Å²) in [5.74, 6) is -2.73. The van der Waals surface area contributed by atoms with Crippen molar-refractivity contribution in [3.63, 3.8) is 0 Å². The predicted molar refractivity (Wildman–Crippen MR) is 58.0 cm³/mol. The van der Waals surface area contributed by atoms with Crippen LogP contribution in [0.4, 0.5) is 0 Å². The van der Waals surface area contributed by atoms with Crippen LogP contribution in [0.3, 0.4) is 0 Å². The van der Waals surface area contributed by atoms with Crippen LogP contribution in [-0.4, -0.2) is 22.2 Å². The van der Waals surface area contributed by atoms with E-state index in [0.29, 0.717) is 0 Å². The van der Waals surface area contributed by atoms with Crippen molar-refractivity contribution in [3.8, 4) is 0 Å². The molecule has 0 aromatic heterocycles. The Balaban J connectivity index is 0.000000360. The Bertz CT molecular complexity index is 373. The number of rotatable bonds is 2. The van der Waals surface area contributed by atoms with E-state index in [1.54, 1.807) is 0 Å². The summed E-state index contributed by atoms with van der Waals surface area (Å²) in [6.07, 6.45) is 5.08. The third-order valence-corrected chi connectivity index (χ3v) is 2.09. The van der Waals surface area contributed by atoms with E-state index in [-0.39, 0.29) is 16.8 Å². The summed E-state index contributed by atoms with van der Waals surface area (Å²) >= 11 is 0. The average molecular weight is 278 g/mol. The average Bonchev–Trinajstić information content (AvgIpc) is 2.93. The Labute approximate surface area is 109 Å². The third kappa shape index (κ3) is 3.65. The summed E-state index contributed by atoms with van der Waals surface area (Å²) in [6, 6.07) is 10.0. The summed E-state index contributed by atoms with van der Waals surface area (Å²) in [6.45, 7) is 0. The first-order chi connectivity index (χ1) is 7.59. The van der Waals surface area contributed by atoms with Gasteiger partial charge in [-0.3, -0.25) is 9.59 Å². The van der Waals surface area contributed by atoms with Gasteiger partial charge >= 0.3 is 11.9 Å². The number of hydrogen-bond acceptors (Lipinski definition) is 2. The van der Waals surface area contributed by atoms with Crippen molar-refractivity contribution in [1.82, 2.24) is 0 Å². The maximum absolute atomic E-state index is 10.5. The van der Waals surface area contributed by atoms with Gasteiger partial charge < -0.3 is 10.2 Å². The molecule has 4 nitrogen and oxygen atoms in total. The van der Waals surface area contributed by atoms with Gasteiger partial charge in [-0.05, 0) is 0 Å². The molecular formula is C12H11CoO4-. The molecule has 1 aliphatic carbocycles. The zero-order valence-corrected chi connectivity index (χ0v) is 9.78. The number of hydrogen-bond donors (Lipinski definition) is 2. The molecule has 0 unspecified atom stereocenters. The fourth-order valence-electron chi connectivity index (χ4n) is 1.17. The van der Waals surface area contributed by atoms with Crippen LogP contribution < -0.4 is 0 Å². The van der Waals surface area contributed by atoms with Crippen molar-refractivity contribution in [2.75, 3.05) is 0 Å². The van der Waals surface area contributed by atoms with E-state index in [9.17, 15) is 9.59 Å². The first-order valence-electron chi connectivity index (χ1n) is 4.60. The van der Waals surface area contributed by atoms with Crippen molar-refractivity contribution in [1.29, 1.82) is 0 Å².